The summed E-state index contributed by atoms with van der Waals surface area (Å²) < 4.78 is 40.2. The molecule has 0 radical (unpaired) electrons. The number of nitrogens with zero attached hydrogens (tertiary/aromatic N) is 1. The molecule has 21 heavy (non-hydrogen) atoms. The van der Waals surface area contributed by atoms with Gasteiger partial charge < -0.3 is 4.90 Å². The van der Waals surface area contributed by atoms with Gasteiger partial charge in [-0.05, 0) is 36.8 Å². The van der Waals surface area contributed by atoms with Gasteiger partial charge in [0, 0.05) is 7.05 Å². The lowest BCUT2D eigenvalue weighted by molar-refractivity contribution is 0.0732. The van der Waals surface area contributed by atoms with Crippen molar-refractivity contribution < 1.29 is 18.0 Å². The highest BCUT2D eigenvalue weighted by atomic mass is 19.1. The molecule has 0 aliphatic heterocycles. The van der Waals surface area contributed by atoms with Gasteiger partial charge in [0.05, 0.1) is 6.04 Å². The van der Waals surface area contributed by atoms with Crippen molar-refractivity contribution in [2.45, 2.75) is 13.0 Å². The lowest BCUT2D eigenvalue weighted by Crippen LogP contribution is -2.31. The average Bonchev–Trinajstić information content (AvgIpc) is 2.46. The molecule has 1 atom stereocenters. The zero-order valence-corrected chi connectivity index (χ0v) is 11.6. The molecule has 0 saturated carbocycles. The lowest BCUT2D eigenvalue weighted by Gasteiger charge is -2.25. The number of halogens is 3. The molecule has 0 saturated heterocycles. The van der Waals surface area contributed by atoms with Gasteiger partial charge in [0.25, 0.3) is 5.91 Å². The van der Waals surface area contributed by atoms with E-state index in [9.17, 15) is 18.0 Å². The lowest BCUT2D eigenvalue weighted by atomic mass is 10.1. The highest BCUT2D eigenvalue weighted by molar-refractivity contribution is 5.94. The summed E-state index contributed by atoms with van der Waals surface area (Å²) in [5, 5.41) is 0. The minimum Gasteiger partial charge on any atom is -0.335 e. The number of hydrogen-bond donors (Lipinski definition) is 0. The van der Waals surface area contributed by atoms with Gasteiger partial charge in [-0.25, -0.2) is 13.2 Å². The van der Waals surface area contributed by atoms with Crippen LogP contribution in [0.25, 0.3) is 0 Å². The van der Waals surface area contributed by atoms with Crippen LogP contribution in [0.3, 0.4) is 0 Å². The predicted octanol–water partition coefficient (Wildman–Crippen LogP) is 3.94. The molecule has 5 heteroatoms. The molecule has 1 amide bonds. The van der Waals surface area contributed by atoms with Gasteiger partial charge in [-0.3, -0.25) is 4.79 Å². The topological polar surface area (TPSA) is 20.3 Å². The van der Waals surface area contributed by atoms with Crippen LogP contribution in [0.15, 0.2) is 42.5 Å². The second kappa shape index (κ2) is 5.99. The van der Waals surface area contributed by atoms with Crippen molar-refractivity contribution in [1.82, 2.24) is 4.90 Å². The van der Waals surface area contributed by atoms with Gasteiger partial charge in [0.2, 0.25) is 0 Å². The van der Waals surface area contributed by atoms with Crippen LogP contribution in [0.2, 0.25) is 0 Å². The van der Waals surface area contributed by atoms with Crippen LogP contribution in [0.5, 0.6) is 0 Å². The number of carbonyl (C=O) groups is 1. The SMILES string of the molecule is CC(c1ccc(F)cc1)N(C)C(=O)c1c(F)cccc1F. The Hall–Kier alpha value is -2.30. The third-order valence-corrected chi connectivity index (χ3v) is 3.43. The number of rotatable bonds is 3. The highest BCUT2D eigenvalue weighted by Crippen LogP contribution is 2.23. The Morgan fingerprint density at radius 2 is 1.52 bits per heavy atom. The molecule has 0 aliphatic rings. The van der Waals surface area contributed by atoms with E-state index < -0.39 is 29.1 Å². The maximum atomic E-state index is 13.6. The smallest absolute Gasteiger partial charge is 0.260 e. The first kappa shape index (κ1) is 15.1. The summed E-state index contributed by atoms with van der Waals surface area (Å²) in [4.78, 5) is 13.5. The van der Waals surface area contributed by atoms with E-state index in [-0.39, 0.29) is 5.82 Å². The minimum atomic E-state index is -0.904. The molecule has 110 valence electrons. The number of carbonyl (C=O) groups excluding carboxylic acids is 1. The van der Waals surface area contributed by atoms with Crippen molar-refractivity contribution >= 4 is 5.91 Å². The maximum Gasteiger partial charge on any atom is 0.260 e. The Kier molecular flexibility index (Phi) is 4.31. The predicted molar refractivity (Wildman–Crippen MR) is 73.3 cm³/mol. The number of amides is 1. The van der Waals surface area contributed by atoms with Crippen LogP contribution in [0.1, 0.15) is 28.9 Å². The van der Waals surface area contributed by atoms with E-state index in [1.165, 1.54) is 42.3 Å². The molecule has 0 aromatic heterocycles. The normalized spacial score (nSPS) is 12.0. The van der Waals surface area contributed by atoms with E-state index in [0.717, 1.165) is 12.1 Å². The van der Waals surface area contributed by atoms with E-state index in [1.54, 1.807) is 6.92 Å². The molecule has 0 bridgehead atoms. The van der Waals surface area contributed by atoms with Gasteiger partial charge in [0.15, 0.2) is 0 Å². The molecule has 0 heterocycles. The van der Waals surface area contributed by atoms with Crippen molar-refractivity contribution in [2.75, 3.05) is 7.05 Å². The molecule has 2 nitrogen and oxygen atoms in total. The van der Waals surface area contributed by atoms with Crippen LogP contribution in [0.4, 0.5) is 13.2 Å². The van der Waals surface area contributed by atoms with Gasteiger partial charge in [0.1, 0.15) is 23.0 Å². The molecule has 0 N–H and O–H groups in total. The molecule has 1 unspecified atom stereocenters. The van der Waals surface area contributed by atoms with Crippen LogP contribution in [-0.2, 0) is 0 Å². The second-order valence-electron chi connectivity index (χ2n) is 4.74. The van der Waals surface area contributed by atoms with Crippen molar-refractivity contribution in [2.24, 2.45) is 0 Å². The molecule has 0 aliphatic carbocycles. The summed E-state index contributed by atoms with van der Waals surface area (Å²) in [7, 11) is 1.45. The molecule has 2 rings (SSSR count). The Labute approximate surface area is 120 Å². The fourth-order valence-corrected chi connectivity index (χ4v) is 2.02. The molecule has 2 aromatic rings. The highest BCUT2D eigenvalue weighted by Gasteiger charge is 2.24. The zero-order chi connectivity index (χ0) is 15.6. The first-order chi connectivity index (χ1) is 9.91. The molecule has 0 spiro atoms. The van der Waals surface area contributed by atoms with Gasteiger partial charge in [-0.1, -0.05) is 18.2 Å². The van der Waals surface area contributed by atoms with Crippen LogP contribution < -0.4 is 0 Å². The first-order valence-electron chi connectivity index (χ1n) is 6.38. The third kappa shape index (κ3) is 3.07. The van der Waals surface area contributed by atoms with Crippen molar-refractivity contribution in [3.8, 4) is 0 Å². The van der Waals surface area contributed by atoms with E-state index >= 15 is 0 Å². The van der Waals surface area contributed by atoms with E-state index in [4.69, 9.17) is 0 Å². The van der Waals surface area contributed by atoms with Crippen LogP contribution in [0, 0.1) is 17.5 Å². The van der Waals surface area contributed by atoms with Crippen molar-refractivity contribution in [3.05, 3.63) is 71.0 Å². The average molecular weight is 293 g/mol. The van der Waals surface area contributed by atoms with Crippen LogP contribution in [-0.4, -0.2) is 17.9 Å². The van der Waals surface area contributed by atoms with E-state index in [2.05, 4.69) is 0 Å². The van der Waals surface area contributed by atoms with Crippen molar-refractivity contribution in [3.63, 3.8) is 0 Å². The summed E-state index contributed by atoms with van der Waals surface area (Å²) in [6, 6.07) is 8.42. The molecule has 2 aromatic carbocycles. The number of benzene rings is 2. The Balaban J connectivity index is 2.28. The van der Waals surface area contributed by atoms with Crippen molar-refractivity contribution in [1.29, 1.82) is 0 Å². The van der Waals surface area contributed by atoms with E-state index in [1.807, 2.05) is 0 Å². The van der Waals surface area contributed by atoms with E-state index in [0.29, 0.717) is 5.56 Å². The summed E-state index contributed by atoms with van der Waals surface area (Å²) >= 11 is 0. The molecular formula is C16H14F3NO. The largest absolute Gasteiger partial charge is 0.335 e. The fourth-order valence-electron chi connectivity index (χ4n) is 2.02. The monoisotopic (exact) mass is 293 g/mol. The Bertz CT molecular complexity index is 635. The quantitative estimate of drug-likeness (QED) is 0.839. The molecular weight excluding hydrogens is 279 g/mol. The van der Waals surface area contributed by atoms with Gasteiger partial charge in [-0.15, -0.1) is 0 Å². The zero-order valence-electron chi connectivity index (χ0n) is 11.6. The summed E-state index contributed by atoms with van der Waals surface area (Å²) in [5.41, 5.74) is 0.0814. The van der Waals surface area contributed by atoms with Gasteiger partial charge in [-0.2, -0.15) is 0 Å². The van der Waals surface area contributed by atoms with Crippen LogP contribution >= 0.6 is 0 Å². The van der Waals surface area contributed by atoms with Gasteiger partial charge >= 0.3 is 0 Å². The third-order valence-electron chi connectivity index (χ3n) is 3.43. The number of hydrogen-bond acceptors (Lipinski definition) is 1. The first-order valence-corrected chi connectivity index (χ1v) is 6.38. The summed E-state index contributed by atoms with van der Waals surface area (Å²) in [6.07, 6.45) is 0. The summed E-state index contributed by atoms with van der Waals surface area (Å²) in [5.74, 6) is -2.96. The summed E-state index contributed by atoms with van der Waals surface area (Å²) in [6.45, 7) is 1.70. The maximum absolute atomic E-state index is 13.6. The standard InChI is InChI=1S/C16H14F3NO/c1-10(11-6-8-12(17)9-7-11)20(2)16(21)15-13(18)4-3-5-14(15)19/h3-10H,1-2H3. The minimum absolute atomic E-state index is 0.389. The fraction of sp³-hybridized carbons (Fsp3) is 0.188. The Morgan fingerprint density at radius 1 is 1.00 bits per heavy atom. The molecule has 0 fully saturated rings. The second-order valence-corrected chi connectivity index (χ2v) is 4.74. The Morgan fingerprint density at radius 3 is 2.05 bits per heavy atom.